The number of imidazole rings is 1. The molecule has 10 nitrogen and oxygen atoms in total. The van der Waals surface area contributed by atoms with E-state index >= 15 is 0 Å². The zero-order valence-electron chi connectivity index (χ0n) is 19.9. The van der Waals surface area contributed by atoms with Crippen LogP contribution >= 0.6 is 0 Å². The van der Waals surface area contributed by atoms with Crippen LogP contribution in [0.3, 0.4) is 0 Å². The summed E-state index contributed by atoms with van der Waals surface area (Å²) >= 11 is 0. The van der Waals surface area contributed by atoms with E-state index in [4.69, 9.17) is 4.42 Å². The van der Waals surface area contributed by atoms with Crippen molar-refractivity contribution in [1.29, 1.82) is 0 Å². The van der Waals surface area contributed by atoms with Crippen molar-refractivity contribution in [3.63, 3.8) is 0 Å². The fourth-order valence-corrected chi connectivity index (χ4v) is 4.07. The summed E-state index contributed by atoms with van der Waals surface area (Å²) < 4.78 is 7.03. The molecule has 0 radical (unpaired) electrons. The molecule has 3 aromatic heterocycles. The fourth-order valence-electron chi connectivity index (χ4n) is 4.07. The minimum Gasteiger partial charge on any atom is -0.470 e. The summed E-state index contributed by atoms with van der Waals surface area (Å²) in [6.45, 7) is 5.35. The largest absolute Gasteiger partial charge is 0.470 e. The molecule has 1 saturated heterocycles. The van der Waals surface area contributed by atoms with E-state index in [9.17, 15) is 9.90 Å². The van der Waals surface area contributed by atoms with Gasteiger partial charge >= 0.3 is 0 Å². The van der Waals surface area contributed by atoms with Crippen LogP contribution in [-0.2, 0) is 0 Å². The Morgan fingerprint density at radius 2 is 1.89 bits per heavy atom. The molecule has 4 aromatic rings. The van der Waals surface area contributed by atoms with Gasteiger partial charge in [-0.05, 0) is 57.4 Å². The van der Waals surface area contributed by atoms with Gasteiger partial charge in [0.2, 0.25) is 5.95 Å². The molecule has 1 aliphatic heterocycles. The molecule has 0 aliphatic carbocycles. The molecule has 1 aromatic carbocycles. The number of fused-ring (bicyclic) bond motifs is 1. The van der Waals surface area contributed by atoms with Crippen LogP contribution in [0.5, 0.6) is 0 Å². The summed E-state index contributed by atoms with van der Waals surface area (Å²) in [5.74, 6) is 0.922. The maximum absolute atomic E-state index is 12.8. The van der Waals surface area contributed by atoms with Gasteiger partial charge in [-0.25, -0.2) is 4.98 Å². The van der Waals surface area contributed by atoms with Gasteiger partial charge in [-0.15, -0.1) is 0 Å². The lowest BCUT2D eigenvalue weighted by atomic mass is 10.1. The number of amides is 1. The van der Waals surface area contributed by atoms with Crippen molar-refractivity contribution >= 4 is 34.5 Å². The molecule has 0 saturated carbocycles. The molecule has 1 aliphatic rings. The number of likely N-dealkylation sites (tertiary alicyclic amines) is 1. The van der Waals surface area contributed by atoms with Crippen LogP contribution in [0.4, 0.5) is 17.5 Å². The lowest BCUT2D eigenvalue weighted by molar-refractivity contribution is 0.0724. The molecule has 1 fully saturated rings. The number of hydrogen-bond acceptors (Lipinski definition) is 8. The summed E-state index contributed by atoms with van der Waals surface area (Å²) in [5.41, 5.74) is 2.42. The Labute approximate surface area is 203 Å². The van der Waals surface area contributed by atoms with Crippen LogP contribution in [-0.4, -0.2) is 60.7 Å². The molecule has 182 valence electrons. The standard InChI is InChI=1S/C25H29N7O3/c1-25(2,34)15-26-21-20-22(32(16-27-20)19-10-13-35-14-19)30-24(29-21)28-18-8-6-17(7-9-18)23(33)31-11-4-3-5-12-31/h6-10,13-14,16,34H,3-5,11-12,15H2,1-2H3,(H2,26,28,29,30). The Kier molecular flexibility index (Phi) is 6.12. The van der Waals surface area contributed by atoms with Crippen LogP contribution in [0.1, 0.15) is 43.5 Å². The van der Waals surface area contributed by atoms with E-state index in [2.05, 4.69) is 25.6 Å². The third-order valence-electron chi connectivity index (χ3n) is 5.90. The first-order chi connectivity index (χ1) is 16.9. The molecule has 3 N–H and O–H groups in total. The number of hydrogen-bond donors (Lipinski definition) is 3. The maximum Gasteiger partial charge on any atom is 0.253 e. The monoisotopic (exact) mass is 475 g/mol. The van der Waals surface area contributed by atoms with Gasteiger partial charge in [-0.2, -0.15) is 9.97 Å². The van der Waals surface area contributed by atoms with Crippen LogP contribution in [0, 0.1) is 0 Å². The number of nitrogens with one attached hydrogen (secondary N) is 2. The van der Waals surface area contributed by atoms with Gasteiger partial charge in [0.05, 0.1) is 17.6 Å². The number of aliphatic hydroxyl groups is 1. The Balaban J connectivity index is 1.43. The van der Waals surface area contributed by atoms with E-state index in [-0.39, 0.29) is 12.5 Å². The van der Waals surface area contributed by atoms with E-state index in [0.717, 1.165) is 37.3 Å². The number of piperidine rings is 1. The molecule has 0 bridgehead atoms. The molecule has 4 heterocycles. The Bertz CT molecular complexity index is 1300. The summed E-state index contributed by atoms with van der Waals surface area (Å²) in [6.07, 6.45) is 8.16. The highest BCUT2D eigenvalue weighted by atomic mass is 16.3. The lowest BCUT2D eigenvalue weighted by Gasteiger charge is -2.26. The lowest BCUT2D eigenvalue weighted by Crippen LogP contribution is -2.35. The molecular formula is C25H29N7O3. The van der Waals surface area contributed by atoms with E-state index < -0.39 is 5.60 Å². The molecule has 10 heteroatoms. The smallest absolute Gasteiger partial charge is 0.253 e. The first kappa shape index (κ1) is 22.9. The Morgan fingerprint density at radius 1 is 1.11 bits per heavy atom. The van der Waals surface area contributed by atoms with Crippen molar-refractivity contribution in [2.24, 2.45) is 0 Å². The number of aromatic nitrogens is 4. The normalized spacial score (nSPS) is 14.3. The second-order valence-electron chi connectivity index (χ2n) is 9.39. The average molecular weight is 476 g/mol. The first-order valence-corrected chi connectivity index (χ1v) is 11.8. The molecule has 1 amide bonds. The minimum absolute atomic E-state index is 0.0658. The number of nitrogens with zero attached hydrogens (tertiary/aromatic N) is 5. The number of carbonyl (C=O) groups is 1. The SMILES string of the molecule is CC(C)(O)CNc1nc(Nc2ccc(C(=O)N3CCCCC3)cc2)nc2c1ncn2-c1ccoc1. The van der Waals surface area contributed by atoms with Gasteiger partial charge < -0.3 is 25.1 Å². The zero-order chi connectivity index (χ0) is 24.4. The molecular weight excluding hydrogens is 446 g/mol. The van der Waals surface area contributed by atoms with Crippen molar-refractivity contribution < 1.29 is 14.3 Å². The molecule has 0 atom stereocenters. The zero-order valence-corrected chi connectivity index (χ0v) is 19.9. The average Bonchev–Trinajstić information content (AvgIpc) is 3.53. The van der Waals surface area contributed by atoms with E-state index in [1.54, 1.807) is 37.3 Å². The number of furan rings is 1. The highest BCUT2D eigenvalue weighted by Crippen LogP contribution is 2.26. The highest BCUT2D eigenvalue weighted by Gasteiger charge is 2.20. The van der Waals surface area contributed by atoms with E-state index in [1.807, 2.05) is 35.2 Å². The number of benzene rings is 1. The summed E-state index contributed by atoms with van der Waals surface area (Å²) in [5, 5.41) is 16.6. The second-order valence-corrected chi connectivity index (χ2v) is 9.39. The van der Waals surface area contributed by atoms with Crippen molar-refractivity contribution in [3.8, 4) is 5.69 Å². The third-order valence-corrected chi connectivity index (χ3v) is 5.90. The highest BCUT2D eigenvalue weighted by molar-refractivity contribution is 5.94. The first-order valence-electron chi connectivity index (χ1n) is 11.8. The predicted octanol–water partition coefficient (Wildman–Crippen LogP) is 3.96. The topological polar surface area (TPSA) is 121 Å². The van der Waals surface area contributed by atoms with Crippen molar-refractivity contribution in [2.45, 2.75) is 38.7 Å². The molecule has 0 spiro atoms. The predicted molar refractivity (Wildman–Crippen MR) is 133 cm³/mol. The van der Waals surface area contributed by atoms with Crippen LogP contribution in [0.2, 0.25) is 0 Å². The second kappa shape index (κ2) is 9.38. The van der Waals surface area contributed by atoms with Crippen LogP contribution in [0.25, 0.3) is 16.9 Å². The van der Waals surface area contributed by atoms with Gasteiger partial charge in [0.1, 0.15) is 12.6 Å². The summed E-state index contributed by atoms with van der Waals surface area (Å²) in [4.78, 5) is 28.5. The van der Waals surface area contributed by atoms with Gasteiger partial charge in [0.15, 0.2) is 17.0 Å². The van der Waals surface area contributed by atoms with E-state index in [0.29, 0.717) is 28.5 Å². The maximum atomic E-state index is 12.8. The van der Waals surface area contributed by atoms with Crippen molar-refractivity contribution in [2.75, 3.05) is 30.3 Å². The quantitative estimate of drug-likeness (QED) is 0.367. The Hall–Kier alpha value is -3.92. The fraction of sp³-hybridized carbons (Fsp3) is 0.360. The summed E-state index contributed by atoms with van der Waals surface area (Å²) in [6, 6.07) is 9.16. The molecule has 5 rings (SSSR count). The molecule has 0 unspecified atom stereocenters. The number of carbonyl (C=O) groups excluding carboxylic acids is 1. The van der Waals surface area contributed by atoms with Gasteiger partial charge in [-0.1, -0.05) is 0 Å². The third kappa shape index (κ3) is 5.12. The number of rotatable bonds is 7. The van der Waals surface area contributed by atoms with E-state index in [1.165, 1.54) is 6.42 Å². The summed E-state index contributed by atoms with van der Waals surface area (Å²) in [7, 11) is 0. The van der Waals surface area contributed by atoms with Crippen molar-refractivity contribution in [3.05, 3.63) is 54.7 Å². The van der Waals surface area contributed by atoms with Crippen LogP contribution in [0.15, 0.2) is 53.6 Å². The molecule has 35 heavy (non-hydrogen) atoms. The van der Waals surface area contributed by atoms with Crippen molar-refractivity contribution in [1.82, 2.24) is 24.4 Å². The van der Waals surface area contributed by atoms with Gasteiger partial charge in [0, 0.05) is 37.0 Å². The number of anilines is 3. The van der Waals surface area contributed by atoms with Gasteiger partial charge in [-0.3, -0.25) is 9.36 Å². The van der Waals surface area contributed by atoms with Crippen LogP contribution < -0.4 is 10.6 Å². The van der Waals surface area contributed by atoms with Gasteiger partial charge in [0.25, 0.3) is 5.91 Å². The minimum atomic E-state index is -0.936. The Morgan fingerprint density at radius 3 is 2.57 bits per heavy atom.